The predicted octanol–water partition coefficient (Wildman–Crippen LogP) is 0.298. The molecule has 0 atom stereocenters. The van der Waals surface area contributed by atoms with Gasteiger partial charge in [-0.25, -0.2) is 10.5 Å². The van der Waals surface area contributed by atoms with Crippen LogP contribution in [0.2, 0.25) is 0 Å². The zero-order valence-corrected chi connectivity index (χ0v) is 9.82. The molecule has 0 fully saturated rings. The van der Waals surface area contributed by atoms with E-state index >= 15 is 0 Å². The molecule has 0 spiro atoms. The van der Waals surface area contributed by atoms with Crippen molar-refractivity contribution < 1.29 is 14.4 Å². The Kier molecular flexibility index (Phi) is 4.42. The summed E-state index contributed by atoms with van der Waals surface area (Å²) in [4.78, 5) is 27.6. The summed E-state index contributed by atoms with van der Waals surface area (Å²) < 4.78 is 0. The molecule has 90 valence electrons. The van der Waals surface area contributed by atoms with Gasteiger partial charge >= 0.3 is 0 Å². The number of nitrogens with one attached hydrogen (secondary N) is 1. The normalized spacial score (nSPS) is 16.4. The molecular weight excluding hydrogens is 210 g/mol. The van der Waals surface area contributed by atoms with Gasteiger partial charge < -0.3 is 0 Å². The van der Waals surface area contributed by atoms with Crippen molar-refractivity contribution >= 4 is 17.5 Å². The summed E-state index contributed by atoms with van der Waals surface area (Å²) in [6, 6.07) is 0. The highest BCUT2D eigenvalue weighted by atomic mass is 16.6. The zero-order valence-electron chi connectivity index (χ0n) is 9.82. The van der Waals surface area contributed by atoms with Crippen molar-refractivity contribution in [3.8, 4) is 0 Å². The fourth-order valence-corrected chi connectivity index (χ4v) is 1.17. The first-order valence-electron chi connectivity index (χ1n) is 5.27. The third kappa shape index (κ3) is 3.62. The number of carbonyl (C=O) groups is 2. The van der Waals surface area contributed by atoms with E-state index in [9.17, 15) is 9.59 Å². The zero-order chi connectivity index (χ0) is 12.1. The summed E-state index contributed by atoms with van der Waals surface area (Å²) in [7, 11) is 1.53. The number of hydrogen-bond acceptors (Lipinski definition) is 4. The first kappa shape index (κ1) is 12.6. The number of nitrogens with zero attached hydrogens (tertiary/aromatic N) is 2. The molecule has 0 saturated carbocycles. The van der Waals surface area contributed by atoms with Crippen LogP contribution in [-0.4, -0.2) is 36.2 Å². The van der Waals surface area contributed by atoms with Crippen molar-refractivity contribution in [2.75, 3.05) is 13.7 Å². The van der Waals surface area contributed by atoms with Gasteiger partial charge in [0.2, 0.25) is 5.91 Å². The maximum atomic E-state index is 11.5. The number of hydroxylamine groups is 1. The van der Waals surface area contributed by atoms with Crippen LogP contribution in [0.15, 0.2) is 5.10 Å². The Labute approximate surface area is 94.6 Å². The van der Waals surface area contributed by atoms with Gasteiger partial charge in [0.05, 0.1) is 6.61 Å². The van der Waals surface area contributed by atoms with Gasteiger partial charge in [0.25, 0.3) is 5.91 Å². The number of hydrogen-bond donors (Lipinski definition) is 1. The van der Waals surface area contributed by atoms with Gasteiger partial charge in [0.1, 0.15) is 5.71 Å². The molecule has 0 unspecified atom stereocenters. The molecule has 0 aromatic heterocycles. The summed E-state index contributed by atoms with van der Waals surface area (Å²) in [6.45, 7) is 4.42. The molecule has 1 aliphatic rings. The van der Waals surface area contributed by atoms with E-state index in [0.717, 1.165) is 0 Å². The molecule has 1 heterocycles. The van der Waals surface area contributed by atoms with Crippen LogP contribution >= 0.6 is 0 Å². The highest BCUT2D eigenvalue weighted by Gasteiger charge is 2.21. The highest BCUT2D eigenvalue weighted by Crippen LogP contribution is 2.06. The summed E-state index contributed by atoms with van der Waals surface area (Å²) in [5.41, 5.74) is 2.64. The van der Waals surface area contributed by atoms with E-state index in [-0.39, 0.29) is 11.8 Å². The Hall–Kier alpha value is -1.43. The maximum Gasteiger partial charge on any atom is 0.291 e. The molecular formula is C10H17N3O3. The molecule has 0 saturated heterocycles. The lowest BCUT2D eigenvalue weighted by atomic mass is 10.1. The van der Waals surface area contributed by atoms with E-state index in [1.165, 1.54) is 12.1 Å². The molecule has 1 rings (SSSR count). The first-order valence-corrected chi connectivity index (χ1v) is 5.27. The Balaban J connectivity index is 2.42. The van der Waals surface area contributed by atoms with E-state index in [2.05, 4.69) is 10.6 Å². The molecule has 6 heteroatoms. The van der Waals surface area contributed by atoms with Crippen molar-refractivity contribution in [1.82, 2.24) is 10.5 Å². The third-order valence-corrected chi connectivity index (χ3v) is 2.05. The Morgan fingerprint density at radius 3 is 2.81 bits per heavy atom. The average Bonchev–Trinajstić information content (AvgIpc) is 2.21. The molecule has 16 heavy (non-hydrogen) atoms. The molecule has 1 aliphatic heterocycles. The summed E-state index contributed by atoms with van der Waals surface area (Å²) in [6.07, 6.45) is 0.674. The number of carbonyl (C=O) groups excluding carboxylic acids is 2. The lowest BCUT2D eigenvalue weighted by Crippen LogP contribution is -2.38. The van der Waals surface area contributed by atoms with Crippen LogP contribution < -0.4 is 5.48 Å². The fourth-order valence-electron chi connectivity index (χ4n) is 1.17. The van der Waals surface area contributed by atoms with Gasteiger partial charge in [0.15, 0.2) is 0 Å². The summed E-state index contributed by atoms with van der Waals surface area (Å²) in [5.74, 6) is -0.113. The van der Waals surface area contributed by atoms with Crippen LogP contribution in [0.4, 0.5) is 0 Å². The van der Waals surface area contributed by atoms with Gasteiger partial charge in [-0.05, 0) is 5.92 Å². The van der Waals surface area contributed by atoms with E-state index < -0.39 is 0 Å². The lowest BCUT2D eigenvalue weighted by molar-refractivity contribution is -0.131. The Morgan fingerprint density at radius 1 is 1.56 bits per heavy atom. The minimum atomic E-state index is -0.375. The van der Waals surface area contributed by atoms with Gasteiger partial charge in [-0.15, -0.1) is 0 Å². The Morgan fingerprint density at radius 2 is 2.25 bits per heavy atom. The van der Waals surface area contributed by atoms with Gasteiger partial charge in [-0.1, -0.05) is 13.8 Å². The fraction of sp³-hybridized carbons (Fsp3) is 0.700. The second-order valence-electron chi connectivity index (χ2n) is 4.10. The average molecular weight is 227 g/mol. The van der Waals surface area contributed by atoms with Crippen LogP contribution in [0.1, 0.15) is 26.7 Å². The number of hydrazone groups is 1. The van der Waals surface area contributed by atoms with Crippen LogP contribution in [0.5, 0.6) is 0 Å². The van der Waals surface area contributed by atoms with E-state index in [1.54, 1.807) is 0 Å². The van der Waals surface area contributed by atoms with Crippen molar-refractivity contribution in [3.05, 3.63) is 0 Å². The Bertz CT molecular complexity index is 312. The molecule has 1 N–H and O–H groups in total. The second kappa shape index (κ2) is 5.60. The minimum absolute atomic E-state index is 0.0837. The van der Waals surface area contributed by atoms with E-state index in [1.807, 2.05) is 13.8 Å². The third-order valence-electron chi connectivity index (χ3n) is 2.05. The monoisotopic (exact) mass is 227 g/mol. The lowest BCUT2D eigenvalue weighted by Gasteiger charge is -2.18. The van der Waals surface area contributed by atoms with Crippen molar-refractivity contribution in [2.24, 2.45) is 11.0 Å². The van der Waals surface area contributed by atoms with E-state index in [4.69, 9.17) is 4.84 Å². The molecule has 0 bridgehead atoms. The maximum absolute atomic E-state index is 11.5. The summed E-state index contributed by atoms with van der Waals surface area (Å²) in [5, 5.41) is 5.05. The van der Waals surface area contributed by atoms with E-state index in [0.29, 0.717) is 31.1 Å². The van der Waals surface area contributed by atoms with Gasteiger partial charge in [0, 0.05) is 19.9 Å². The summed E-state index contributed by atoms with van der Waals surface area (Å²) >= 11 is 0. The second-order valence-corrected chi connectivity index (χ2v) is 4.10. The van der Waals surface area contributed by atoms with Crippen molar-refractivity contribution in [3.63, 3.8) is 0 Å². The predicted molar refractivity (Wildman–Crippen MR) is 58.4 cm³/mol. The minimum Gasteiger partial charge on any atom is -0.273 e. The molecule has 2 amide bonds. The largest absolute Gasteiger partial charge is 0.291 e. The van der Waals surface area contributed by atoms with Crippen LogP contribution in [-0.2, 0) is 14.4 Å². The van der Waals surface area contributed by atoms with Crippen LogP contribution in [0.25, 0.3) is 0 Å². The number of amides is 2. The van der Waals surface area contributed by atoms with Gasteiger partial charge in [-0.3, -0.25) is 14.4 Å². The molecule has 0 aromatic rings. The molecule has 0 aliphatic carbocycles. The first-order chi connectivity index (χ1) is 7.50. The van der Waals surface area contributed by atoms with Crippen LogP contribution in [0, 0.1) is 5.92 Å². The molecule has 6 nitrogen and oxygen atoms in total. The standard InChI is InChI=1S/C10H17N3O3/c1-7(2)6-16-12-10(15)8-4-5-9(14)13(3)11-8/h7H,4-6H2,1-3H3,(H,12,15). The van der Waals surface area contributed by atoms with Crippen LogP contribution in [0.3, 0.4) is 0 Å². The van der Waals surface area contributed by atoms with Crippen molar-refractivity contribution in [2.45, 2.75) is 26.7 Å². The highest BCUT2D eigenvalue weighted by molar-refractivity contribution is 6.39. The topological polar surface area (TPSA) is 71.0 Å². The van der Waals surface area contributed by atoms with Crippen molar-refractivity contribution in [1.29, 1.82) is 0 Å². The number of rotatable bonds is 4. The smallest absolute Gasteiger partial charge is 0.273 e. The SMILES string of the molecule is CC(C)CONC(=O)C1=NN(C)C(=O)CC1. The molecule has 0 radical (unpaired) electrons. The van der Waals surface area contributed by atoms with Gasteiger partial charge in [-0.2, -0.15) is 5.10 Å². The quantitative estimate of drug-likeness (QED) is 0.702. The molecule has 0 aromatic carbocycles.